The molecule has 5 aliphatic carbocycles. The molecule has 12 rings (SSSR count). The van der Waals surface area contributed by atoms with Crippen LogP contribution in [0.3, 0.4) is 0 Å². The van der Waals surface area contributed by atoms with Crippen LogP contribution in [-0.4, -0.2) is 0 Å². The van der Waals surface area contributed by atoms with Crippen LogP contribution in [0.4, 0.5) is 17.1 Å². The number of benzene rings is 7. The van der Waals surface area contributed by atoms with Gasteiger partial charge >= 0.3 is 0 Å². The van der Waals surface area contributed by atoms with E-state index in [1.807, 2.05) is 5.56 Å². The van der Waals surface area contributed by atoms with E-state index in [1.54, 1.807) is 11.1 Å². The molecule has 1 atom stereocenters. The number of hydrogen-bond donors (Lipinski definition) is 0. The highest BCUT2D eigenvalue weighted by atomic mass is 15.1. The number of anilines is 3. The van der Waals surface area contributed by atoms with Crippen molar-refractivity contribution < 1.29 is 0 Å². The first-order chi connectivity index (χ1) is 37.1. The molecule has 5 aliphatic rings. The minimum absolute atomic E-state index is 0.300. The molecule has 75 heavy (non-hydrogen) atoms. The monoisotopic (exact) mass is 988 g/mol. The highest BCUT2D eigenvalue weighted by Gasteiger charge is 2.41. The van der Waals surface area contributed by atoms with Crippen molar-refractivity contribution in [2.45, 2.75) is 203 Å². The summed E-state index contributed by atoms with van der Waals surface area (Å²) in [6, 6.07) is 62.1. The summed E-state index contributed by atoms with van der Waals surface area (Å²) in [6.07, 6.45) is 36.0. The summed E-state index contributed by atoms with van der Waals surface area (Å²) < 4.78 is 0. The van der Waals surface area contributed by atoms with Gasteiger partial charge in [0, 0.05) is 22.4 Å². The summed E-state index contributed by atoms with van der Waals surface area (Å²) in [6.45, 7) is 2.49. The van der Waals surface area contributed by atoms with E-state index in [4.69, 9.17) is 0 Å². The van der Waals surface area contributed by atoms with Gasteiger partial charge in [0.15, 0.2) is 0 Å². The average Bonchev–Trinajstić information content (AvgIpc) is 3.69. The normalized spacial score (nSPS) is 20.7. The van der Waals surface area contributed by atoms with Gasteiger partial charge in [-0.15, -0.1) is 0 Å². The standard InChI is InChI=1S/C74H85N/c1-74(62-45-41-55(42-46-62)54-27-19-11-20-28-54)70-39-25-23-38-66(70)67-50-49-64(53-71(67)74)75(72-40-26-24-37-65(72)57-29-21-12-22-30-57)63-47-43-56(44-48-63)61-51-68(58-31-13-5-2-6-14-32-58)73(60-35-17-9-4-10-18-36-60)69(52-61)59-33-15-7-3-8-16-34-59/h12,21-26,29-30,37-54,58-60H,2-11,13-20,27-28,31-36H2,1H3. The first kappa shape index (κ1) is 50.2. The smallest absolute Gasteiger partial charge is 0.0540 e. The van der Waals surface area contributed by atoms with Gasteiger partial charge in [-0.25, -0.2) is 0 Å². The van der Waals surface area contributed by atoms with Crippen LogP contribution in [-0.2, 0) is 5.41 Å². The molecule has 1 heteroatoms. The lowest BCUT2D eigenvalue weighted by molar-refractivity contribution is 0.421. The van der Waals surface area contributed by atoms with Gasteiger partial charge in [0.2, 0.25) is 0 Å². The van der Waals surface area contributed by atoms with Gasteiger partial charge in [-0.3, -0.25) is 0 Å². The molecule has 4 saturated carbocycles. The van der Waals surface area contributed by atoms with E-state index in [1.165, 1.54) is 240 Å². The Kier molecular flexibility index (Phi) is 15.6. The number of hydrogen-bond acceptors (Lipinski definition) is 1. The van der Waals surface area contributed by atoms with Gasteiger partial charge in [-0.1, -0.05) is 243 Å². The quantitative estimate of drug-likeness (QED) is 0.132. The van der Waals surface area contributed by atoms with Crippen LogP contribution >= 0.6 is 0 Å². The molecular weight excluding hydrogens is 903 g/mol. The molecule has 386 valence electrons. The van der Waals surface area contributed by atoms with E-state index in [9.17, 15) is 0 Å². The zero-order chi connectivity index (χ0) is 50.4. The van der Waals surface area contributed by atoms with Crippen molar-refractivity contribution in [3.8, 4) is 33.4 Å². The van der Waals surface area contributed by atoms with Gasteiger partial charge < -0.3 is 4.90 Å². The lowest BCUT2D eigenvalue weighted by Crippen LogP contribution is -2.23. The van der Waals surface area contributed by atoms with Crippen molar-refractivity contribution >= 4 is 17.1 Å². The van der Waals surface area contributed by atoms with E-state index in [-0.39, 0.29) is 5.41 Å². The molecule has 0 bridgehead atoms. The zero-order valence-electron chi connectivity index (χ0n) is 45.7. The molecule has 7 aromatic carbocycles. The Morgan fingerprint density at radius 1 is 0.333 bits per heavy atom. The van der Waals surface area contributed by atoms with Crippen LogP contribution < -0.4 is 4.90 Å². The van der Waals surface area contributed by atoms with E-state index in [0.717, 1.165) is 0 Å². The molecule has 0 aromatic heterocycles. The van der Waals surface area contributed by atoms with Crippen molar-refractivity contribution in [3.05, 3.63) is 197 Å². The van der Waals surface area contributed by atoms with Crippen LogP contribution in [0.1, 0.15) is 236 Å². The van der Waals surface area contributed by atoms with Crippen molar-refractivity contribution in [1.29, 1.82) is 0 Å². The second-order valence-electron chi connectivity index (χ2n) is 24.3. The minimum Gasteiger partial charge on any atom is -0.310 e. The molecule has 1 unspecified atom stereocenters. The van der Waals surface area contributed by atoms with Crippen molar-refractivity contribution in [2.75, 3.05) is 4.90 Å². The number of rotatable bonds is 10. The Bertz CT molecular complexity index is 2920. The van der Waals surface area contributed by atoms with E-state index < -0.39 is 0 Å². The topological polar surface area (TPSA) is 3.24 Å². The summed E-state index contributed by atoms with van der Waals surface area (Å²) >= 11 is 0. The summed E-state index contributed by atoms with van der Waals surface area (Å²) in [4.78, 5) is 2.57. The van der Waals surface area contributed by atoms with Gasteiger partial charge in [0.25, 0.3) is 0 Å². The highest BCUT2D eigenvalue weighted by Crippen LogP contribution is 2.55. The molecule has 0 aliphatic heterocycles. The third kappa shape index (κ3) is 10.5. The number of para-hydroxylation sites is 1. The predicted molar refractivity (Wildman–Crippen MR) is 320 cm³/mol. The number of nitrogens with zero attached hydrogens (tertiary/aromatic N) is 1. The molecule has 1 nitrogen and oxygen atoms in total. The van der Waals surface area contributed by atoms with Gasteiger partial charge in [0.05, 0.1) is 5.69 Å². The Balaban J connectivity index is 0.988. The molecule has 0 amide bonds. The lowest BCUT2D eigenvalue weighted by Gasteiger charge is -2.34. The fourth-order valence-electron chi connectivity index (χ4n) is 15.5. The van der Waals surface area contributed by atoms with Gasteiger partial charge in [-0.2, -0.15) is 0 Å². The van der Waals surface area contributed by atoms with Gasteiger partial charge in [0.1, 0.15) is 0 Å². The fourth-order valence-corrected chi connectivity index (χ4v) is 15.5. The molecule has 7 aromatic rings. The van der Waals surface area contributed by atoms with Crippen molar-refractivity contribution in [3.63, 3.8) is 0 Å². The zero-order valence-corrected chi connectivity index (χ0v) is 45.7. The molecule has 4 fully saturated rings. The second-order valence-corrected chi connectivity index (χ2v) is 24.3. The highest BCUT2D eigenvalue weighted by molar-refractivity contribution is 5.91. The fraction of sp³-hybridized carbons (Fsp3) is 0.432. The van der Waals surface area contributed by atoms with Gasteiger partial charge in [-0.05, 0) is 179 Å². The summed E-state index contributed by atoms with van der Waals surface area (Å²) in [5.41, 5.74) is 22.4. The van der Waals surface area contributed by atoms with Crippen molar-refractivity contribution in [1.82, 2.24) is 0 Å². The summed E-state index contributed by atoms with van der Waals surface area (Å²) in [5, 5.41) is 0. The Morgan fingerprint density at radius 2 is 0.800 bits per heavy atom. The van der Waals surface area contributed by atoms with E-state index >= 15 is 0 Å². The van der Waals surface area contributed by atoms with E-state index in [0.29, 0.717) is 23.7 Å². The lowest BCUT2D eigenvalue weighted by atomic mass is 9.71. The maximum Gasteiger partial charge on any atom is 0.0540 e. The third-order valence-electron chi connectivity index (χ3n) is 19.7. The Morgan fingerprint density at radius 3 is 1.40 bits per heavy atom. The average molecular weight is 989 g/mol. The number of fused-ring (bicyclic) bond motifs is 3. The molecule has 0 saturated heterocycles. The summed E-state index contributed by atoms with van der Waals surface area (Å²) in [7, 11) is 0. The molecular formula is C74H85N. The molecule has 0 spiro atoms. The Labute approximate surface area is 452 Å². The summed E-state index contributed by atoms with van der Waals surface area (Å²) in [5.74, 6) is 2.75. The van der Waals surface area contributed by atoms with Crippen LogP contribution in [0.2, 0.25) is 0 Å². The predicted octanol–water partition coefficient (Wildman–Crippen LogP) is 22.4. The van der Waals surface area contributed by atoms with Crippen LogP contribution in [0.15, 0.2) is 158 Å². The third-order valence-corrected chi connectivity index (χ3v) is 19.7. The maximum absolute atomic E-state index is 2.77. The first-order valence-corrected chi connectivity index (χ1v) is 30.7. The minimum atomic E-state index is -0.300. The largest absolute Gasteiger partial charge is 0.310 e. The van der Waals surface area contributed by atoms with Crippen LogP contribution in [0.5, 0.6) is 0 Å². The van der Waals surface area contributed by atoms with Crippen molar-refractivity contribution in [2.24, 2.45) is 0 Å². The SMILES string of the molecule is CC1(c2ccc(C3CCCCC3)cc2)c2ccccc2-c2ccc(N(c3ccc(-c4cc(C5CCCCCCC5)c(C5CCCCCCC5)c(C5CCCCCCC5)c4)cc3)c3ccccc3-c3ccccc3)cc21. The second kappa shape index (κ2) is 23.3. The molecule has 0 radical (unpaired) electrons. The molecule has 0 N–H and O–H groups in total. The first-order valence-electron chi connectivity index (χ1n) is 30.7. The molecule has 0 heterocycles. The Hall–Kier alpha value is -5.66. The van der Waals surface area contributed by atoms with Crippen LogP contribution in [0.25, 0.3) is 33.4 Å². The van der Waals surface area contributed by atoms with E-state index in [2.05, 4.69) is 170 Å². The van der Waals surface area contributed by atoms with Crippen LogP contribution in [0, 0.1) is 0 Å². The maximum atomic E-state index is 2.77.